The molecule has 0 amide bonds. The number of fused-ring (bicyclic) bond motifs is 1. The van der Waals surface area contributed by atoms with Crippen LogP contribution in [0.1, 0.15) is 17.9 Å². The minimum atomic E-state index is 0.654. The second-order valence-corrected chi connectivity index (χ2v) is 5.41. The van der Waals surface area contributed by atoms with Crippen LogP contribution in [-0.2, 0) is 0 Å². The SMILES string of the molecule is Clc1ccc(C2CC3CNCC32)cc1Cl. The number of halogens is 2. The fourth-order valence-electron chi connectivity index (χ4n) is 2.91. The van der Waals surface area contributed by atoms with E-state index in [1.54, 1.807) is 0 Å². The lowest BCUT2D eigenvalue weighted by molar-refractivity contribution is 0.191. The monoisotopic (exact) mass is 241 g/mol. The van der Waals surface area contributed by atoms with E-state index in [1.807, 2.05) is 12.1 Å². The minimum Gasteiger partial charge on any atom is -0.316 e. The lowest BCUT2D eigenvalue weighted by atomic mass is 9.64. The third kappa shape index (κ3) is 1.57. The normalized spacial score (nSPS) is 33.6. The lowest BCUT2D eigenvalue weighted by Gasteiger charge is -2.40. The van der Waals surface area contributed by atoms with Gasteiger partial charge >= 0.3 is 0 Å². The van der Waals surface area contributed by atoms with Crippen LogP contribution in [0.2, 0.25) is 10.0 Å². The molecule has 0 spiro atoms. The second-order valence-electron chi connectivity index (χ2n) is 4.60. The van der Waals surface area contributed by atoms with Crippen LogP contribution >= 0.6 is 23.2 Å². The molecule has 3 atom stereocenters. The van der Waals surface area contributed by atoms with Gasteiger partial charge in [0.05, 0.1) is 10.0 Å². The molecule has 0 aromatic heterocycles. The molecule has 1 aliphatic carbocycles. The first-order chi connectivity index (χ1) is 7.25. The molecular formula is C12H13Cl2N. The zero-order valence-corrected chi connectivity index (χ0v) is 9.85. The first-order valence-corrected chi connectivity index (χ1v) is 6.17. The fourth-order valence-corrected chi connectivity index (χ4v) is 3.22. The minimum absolute atomic E-state index is 0.654. The van der Waals surface area contributed by atoms with Crippen molar-refractivity contribution in [3.8, 4) is 0 Å². The summed E-state index contributed by atoms with van der Waals surface area (Å²) in [5.74, 6) is 2.41. The molecule has 1 nitrogen and oxygen atoms in total. The van der Waals surface area contributed by atoms with E-state index < -0.39 is 0 Å². The quantitative estimate of drug-likeness (QED) is 0.796. The van der Waals surface area contributed by atoms with Crippen molar-refractivity contribution in [2.45, 2.75) is 12.3 Å². The standard InChI is InChI=1S/C12H13Cl2N/c13-11-2-1-7(4-12(11)14)9-3-8-5-15-6-10(8)9/h1-2,4,8-10,15H,3,5-6H2. The zero-order valence-electron chi connectivity index (χ0n) is 8.34. The summed E-state index contributed by atoms with van der Waals surface area (Å²) in [6.45, 7) is 2.36. The first kappa shape index (κ1) is 9.95. The molecule has 1 aromatic rings. The maximum Gasteiger partial charge on any atom is 0.0595 e. The zero-order chi connectivity index (χ0) is 10.4. The van der Waals surface area contributed by atoms with Gasteiger partial charge in [0.2, 0.25) is 0 Å². The molecule has 1 saturated carbocycles. The van der Waals surface area contributed by atoms with E-state index in [1.165, 1.54) is 18.5 Å². The number of benzene rings is 1. The molecule has 3 heteroatoms. The molecule has 3 rings (SSSR count). The molecule has 0 radical (unpaired) electrons. The van der Waals surface area contributed by atoms with Crippen molar-refractivity contribution in [2.75, 3.05) is 13.1 Å². The highest BCUT2D eigenvalue weighted by atomic mass is 35.5. The van der Waals surface area contributed by atoms with Gasteiger partial charge in [-0.15, -0.1) is 0 Å². The van der Waals surface area contributed by atoms with Crippen molar-refractivity contribution in [1.82, 2.24) is 5.32 Å². The molecule has 15 heavy (non-hydrogen) atoms. The molecule has 1 heterocycles. The Kier molecular flexibility index (Phi) is 2.42. The molecule has 3 unspecified atom stereocenters. The van der Waals surface area contributed by atoms with E-state index in [0.29, 0.717) is 16.0 Å². The number of hydrogen-bond donors (Lipinski definition) is 1. The van der Waals surface area contributed by atoms with Crippen molar-refractivity contribution in [3.05, 3.63) is 33.8 Å². The highest BCUT2D eigenvalue weighted by Gasteiger charge is 2.44. The third-order valence-corrected chi connectivity index (χ3v) is 4.58. The highest BCUT2D eigenvalue weighted by molar-refractivity contribution is 6.42. The van der Waals surface area contributed by atoms with Gasteiger partial charge in [0.15, 0.2) is 0 Å². The van der Waals surface area contributed by atoms with Gasteiger partial charge in [-0.3, -0.25) is 0 Å². The van der Waals surface area contributed by atoms with Crippen LogP contribution in [0.3, 0.4) is 0 Å². The van der Waals surface area contributed by atoms with Gasteiger partial charge in [-0.2, -0.15) is 0 Å². The van der Waals surface area contributed by atoms with Crippen molar-refractivity contribution in [1.29, 1.82) is 0 Å². The van der Waals surface area contributed by atoms with Crippen molar-refractivity contribution < 1.29 is 0 Å². The van der Waals surface area contributed by atoms with E-state index in [4.69, 9.17) is 23.2 Å². The second kappa shape index (κ2) is 3.65. The van der Waals surface area contributed by atoms with Crippen LogP contribution in [0.4, 0.5) is 0 Å². The Bertz CT molecular complexity index is 391. The van der Waals surface area contributed by atoms with Gasteiger partial charge in [-0.05, 0) is 55.0 Å². The summed E-state index contributed by atoms with van der Waals surface area (Å²) >= 11 is 11.9. The maximum absolute atomic E-state index is 6.03. The van der Waals surface area contributed by atoms with Crippen LogP contribution < -0.4 is 5.32 Å². The fraction of sp³-hybridized carbons (Fsp3) is 0.500. The van der Waals surface area contributed by atoms with Crippen molar-refractivity contribution >= 4 is 23.2 Å². The predicted octanol–water partition coefficient (Wildman–Crippen LogP) is 3.32. The molecule has 1 saturated heterocycles. The summed E-state index contributed by atoms with van der Waals surface area (Å²) in [5, 5.41) is 4.79. The molecular weight excluding hydrogens is 229 g/mol. The Morgan fingerprint density at radius 3 is 2.73 bits per heavy atom. The van der Waals surface area contributed by atoms with Crippen LogP contribution in [0.15, 0.2) is 18.2 Å². The molecule has 1 aromatic carbocycles. The van der Waals surface area contributed by atoms with E-state index in [2.05, 4.69) is 11.4 Å². The topological polar surface area (TPSA) is 12.0 Å². The first-order valence-electron chi connectivity index (χ1n) is 5.41. The molecule has 2 fully saturated rings. The maximum atomic E-state index is 6.03. The van der Waals surface area contributed by atoms with Gasteiger partial charge in [0.25, 0.3) is 0 Å². The molecule has 0 bridgehead atoms. The van der Waals surface area contributed by atoms with Crippen LogP contribution in [-0.4, -0.2) is 13.1 Å². The Labute approximate surface area is 99.8 Å². The lowest BCUT2D eigenvalue weighted by Crippen LogP contribution is -2.33. The third-order valence-electron chi connectivity index (χ3n) is 3.84. The Hall–Kier alpha value is -0.240. The van der Waals surface area contributed by atoms with Crippen molar-refractivity contribution in [3.63, 3.8) is 0 Å². The highest BCUT2D eigenvalue weighted by Crippen LogP contribution is 2.49. The van der Waals surface area contributed by atoms with Crippen LogP contribution in [0.25, 0.3) is 0 Å². The summed E-state index contributed by atoms with van der Waals surface area (Å²) in [5.41, 5.74) is 1.36. The van der Waals surface area contributed by atoms with Crippen LogP contribution in [0, 0.1) is 11.8 Å². The van der Waals surface area contributed by atoms with Gasteiger partial charge in [0.1, 0.15) is 0 Å². The van der Waals surface area contributed by atoms with Gasteiger partial charge in [-0.25, -0.2) is 0 Å². The summed E-state index contributed by atoms with van der Waals surface area (Å²) in [6.07, 6.45) is 1.30. The van der Waals surface area contributed by atoms with E-state index >= 15 is 0 Å². The van der Waals surface area contributed by atoms with Gasteiger partial charge < -0.3 is 5.32 Å². The molecule has 1 N–H and O–H groups in total. The van der Waals surface area contributed by atoms with E-state index in [0.717, 1.165) is 18.4 Å². The number of hydrogen-bond acceptors (Lipinski definition) is 1. The summed E-state index contributed by atoms with van der Waals surface area (Å²) in [4.78, 5) is 0. The predicted molar refractivity (Wildman–Crippen MR) is 63.7 cm³/mol. The number of rotatable bonds is 1. The Morgan fingerprint density at radius 2 is 2.00 bits per heavy atom. The Morgan fingerprint density at radius 1 is 1.13 bits per heavy atom. The summed E-state index contributed by atoms with van der Waals surface area (Å²) in [6, 6.07) is 6.06. The molecule has 80 valence electrons. The molecule has 2 aliphatic rings. The van der Waals surface area contributed by atoms with Gasteiger partial charge in [-0.1, -0.05) is 29.3 Å². The summed E-state index contributed by atoms with van der Waals surface area (Å²) < 4.78 is 0. The average Bonchev–Trinajstić information content (AvgIpc) is 2.54. The average molecular weight is 242 g/mol. The Balaban J connectivity index is 1.85. The number of nitrogens with one attached hydrogen (secondary N) is 1. The van der Waals surface area contributed by atoms with Crippen LogP contribution in [0.5, 0.6) is 0 Å². The van der Waals surface area contributed by atoms with Crippen molar-refractivity contribution in [2.24, 2.45) is 11.8 Å². The van der Waals surface area contributed by atoms with Gasteiger partial charge in [0, 0.05) is 0 Å². The van der Waals surface area contributed by atoms with E-state index in [9.17, 15) is 0 Å². The molecule has 1 aliphatic heterocycles. The van der Waals surface area contributed by atoms with E-state index in [-0.39, 0.29) is 0 Å². The largest absolute Gasteiger partial charge is 0.316 e. The summed E-state index contributed by atoms with van der Waals surface area (Å²) in [7, 11) is 0. The smallest absolute Gasteiger partial charge is 0.0595 e.